The van der Waals surface area contributed by atoms with Gasteiger partial charge in [-0.1, -0.05) is 0 Å². The Bertz CT molecular complexity index is 379. The summed E-state index contributed by atoms with van der Waals surface area (Å²) in [5, 5.41) is 0. The third-order valence-electron chi connectivity index (χ3n) is 1.95. The smallest absolute Gasteiger partial charge is 0.280 e. The summed E-state index contributed by atoms with van der Waals surface area (Å²) in [4.78, 5) is 38.9. The van der Waals surface area contributed by atoms with Gasteiger partial charge in [-0.15, -0.1) is 0 Å². The zero-order valence-corrected chi connectivity index (χ0v) is 8.07. The number of nitrogens with zero attached hydrogens (tertiary/aromatic N) is 3. The third-order valence-corrected chi connectivity index (χ3v) is 1.95. The Balaban J connectivity index is 3.30. The lowest BCUT2D eigenvalue weighted by Gasteiger charge is -2.29. The number of imide groups is 1. The van der Waals surface area contributed by atoms with Crippen LogP contribution < -0.4 is 0 Å². The molecule has 1 rings (SSSR count). The van der Waals surface area contributed by atoms with E-state index in [4.69, 9.17) is 0 Å². The van der Waals surface area contributed by atoms with Crippen LogP contribution in [0.5, 0.6) is 0 Å². The van der Waals surface area contributed by atoms with Crippen LogP contribution in [0.3, 0.4) is 0 Å². The molecule has 1 saturated heterocycles. The molecule has 0 N–H and O–H groups in total. The Labute approximate surface area is 80.5 Å². The second-order valence-electron chi connectivity index (χ2n) is 2.73. The first kappa shape index (κ1) is 10.1. The first-order valence-corrected chi connectivity index (χ1v) is 3.82. The molecule has 1 aliphatic heterocycles. The van der Waals surface area contributed by atoms with E-state index in [1.165, 1.54) is 27.1 Å². The largest absolute Gasteiger partial charge is 0.332 e. The number of rotatable bonds is 0. The Kier molecular flexibility index (Phi) is 2.49. The fourth-order valence-electron chi connectivity index (χ4n) is 1.18. The SMILES string of the molecule is CN=C1C(=C=O)C(=O)N(C)C(=O)N1C. The number of amides is 3. The Hall–Kier alpha value is -1.94. The monoisotopic (exact) mass is 195 g/mol. The molecule has 0 bridgehead atoms. The van der Waals surface area contributed by atoms with Crippen molar-refractivity contribution in [1.29, 1.82) is 0 Å². The first-order valence-electron chi connectivity index (χ1n) is 3.82. The summed E-state index contributed by atoms with van der Waals surface area (Å²) in [5.41, 5.74) is -0.225. The van der Waals surface area contributed by atoms with E-state index < -0.39 is 11.9 Å². The van der Waals surface area contributed by atoms with Crippen LogP contribution in [0.2, 0.25) is 0 Å². The van der Waals surface area contributed by atoms with Crippen molar-refractivity contribution in [3.05, 3.63) is 5.57 Å². The highest BCUT2D eigenvalue weighted by atomic mass is 16.2. The Morgan fingerprint density at radius 3 is 2.21 bits per heavy atom. The second-order valence-corrected chi connectivity index (χ2v) is 2.73. The summed E-state index contributed by atoms with van der Waals surface area (Å²) in [6, 6.07) is -0.519. The zero-order chi connectivity index (χ0) is 10.9. The van der Waals surface area contributed by atoms with Gasteiger partial charge in [-0.2, -0.15) is 0 Å². The highest BCUT2D eigenvalue weighted by Crippen LogP contribution is 2.12. The molecule has 0 aromatic carbocycles. The van der Waals surface area contributed by atoms with E-state index in [0.717, 1.165) is 9.80 Å². The molecule has 0 spiro atoms. The predicted molar refractivity (Wildman–Crippen MR) is 48.5 cm³/mol. The summed E-state index contributed by atoms with van der Waals surface area (Å²) in [5.74, 6) is 0.859. The predicted octanol–water partition coefficient (Wildman–Crippen LogP) is -0.704. The van der Waals surface area contributed by atoms with Crippen LogP contribution in [0, 0.1) is 0 Å². The fourth-order valence-corrected chi connectivity index (χ4v) is 1.18. The summed E-state index contributed by atoms with van der Waals surface area (Å²) in [6.45, 7) is 0. The maximum Gasteiger partial charge on any atom is 0.332 e. The van der Waals surface area contributed by atoms with E-state index in [1.807, 2.05) is 0 Å². The van der Waals surface area contributed by atoms with Crippen LogP contribution >= 0.6 is 0 Å². The van der Waals surface area contributed by atoms with Crippen LogP contribution in [0.15, 0.2) is 10.6 Å². The van der Waals surface area contributed by atoms with Crippen LogP contribution in [0.25, 0.3) is 0 Å². The molecule has 3 amide bonds. The van der Waals surface area contributed by atoms with E-state index in [1.54, 1.807) is 0 Å². The molecule has 6 heteroatoms. The van der Waals surface area contributed by atoms with E-state index in [0.29, 0.717) is 0 Å². The minimum absolute atomic E-state index is 0.0492. The highest BCUT2D eigenvalue weighted by Gasteiger charge is 2.36. The van der Waals surface area contributed by atoms with Gasteiger partial charge in [0, 0.05) is 21.1 Å². The lowest BCUT2D eigenvalue weighted by Crippen LogP contribution is -2.53. The van der Waals surface area contributed by atoms with Gasteiger partial charge >= 0.3 is 6.03 Å². The molecular formula is C8H9N3O3. The maximum absolute atomic E-state index is 11.4. The van der Waals surface area contributed by atoms with Crippen molar-refractivity contribution >= 4 is 23.7 Å². The lowest BCUT2D eigenvalue weighted by molar-refractivity contribution is -0.123. The standard InChI is InChI=1S/C8H9N3O3/c1-9-6-5(4-12)7(13)11(3)8(14)10(6)2/h1-3H3. The molecule has 1 aliphatic rings. The van der Waals surface area contributed by atoms with E-state index >= 15 is 0 Å². The summed E-state index contributed by atoms with van der Waals surface area (Å²) in [7, 11) is 4.13. The van der Waals surface area contributed by atoms with E-state index in [9.17, 15) is 14.4 Å². The molecule has 74 valence electrons. The van der Waals surface area contributed by atoms with E-state index in [2.05, 4.69) is 4.99 Å². The van der Waals surface area contributed by atoms with Gasteiger partial charge in [-0.05, 0) is 0 Å². The quantitative estimate of drug-likeness (QED) is 0.379. The third kappa shape index (κ3) is 1.22. The number of urea groups is 1. The van der Waals surface area contributed by atoms with Crippen LogP contribution in [-0.4, -0.2) is 54.7 Å². The van der Waals surface area contributed by atoms with Gasteiger partial charge < -0.3 is 0 Å². The summed E-state index contributed by atoms with van der Waals surface area (Å²) >= 11 is 0. The minimum Gasteiger partial charge on any atom is -0.280 e. The molecule has 0 aromatic heterocycles. The first-order chi connectivity index (χ1) is 6.54. The highest BCUT2D eigenvalue weighted by molar-refractivity contribution is 6.34. The van der Waals surface area contributed by atoms with Gasteiger partial charge in [-0.25, -0.2) is 9.59 Å². The fraction of sp³-hybridized carbons (Fsp3) is 0.375. The normalized spacial score (nSPS) is 20.5. The molecule has 1 heterocycles. The van der Waals surface area contributed by atoms with Gasteiger partial charge in [0.1, 0.15) is 5.94 Å². The molecule has 0 atom stereocenters. The molecular weight excluding hydrogens is 186 g/mol. The van der Waals surface area contributed by atoms with Crippen molar-refractivity contribution in [2.24, 2.45) is 4.99 Å². The van der Waals surface area contributed by atoms with Crippen molar-refractivity contribution in [2.45, 2.75) is 0 Å². The number of hydrogen-bond donors (Lipinski definition) is 0. The number of carbonyl (C=O) groups is 2. The Morgan fingerprint density at radius 2 is 1.79 bits per heavy atom. The molecule has 14 heavy (non-hydrogen) atoms. The van der Waals surface area contributed by atoms with Crippen LogP contribution in [-0.2, 0) is 9.59 Å². The van der Waals surface area contributed by atoms with Crippen LogP contribution in [0.4, 0.5) is 4.79 Å². The Morgan fingerprint density at radius 1 is 1.21 bits per heavy atom. The molecule has 1 fully saturated rings. The van der Waals surface area contributed by atoms with E-state index in [-0.39, 0.29) is 11.4 Å². The van der Waals surface area contributed by atoms with Gasteiger partial charge in [0.2, 0.25) is 0 Å². The molecule has 0 aromatic rings. The molecule has 6 nitrogen and oxygen atoms in total. The molecule has 0 radical (unpaired) electrons. The van der Waals surface area contributed by atoms with Gasteiger partial charge in [0.05, 0.1) is 0 Å². The molecule has 0 saturated carbocycles. The number of amidine groups is 1. The summed E-state index contributed by atoms with van der Waals surface area (Å²) < 4.78 is 0. The molecule has 0 unspecified atom stereocenters. The molecule has 0 aliphatic carbocycles. The van der Waals surface area contributed by atoms with Crippen molar-refractivity contribution < 1.29 is 14.4 Å². The summed E-state index contributed by atoms with van der Waals surface area (Å²) in [6.07, 6.45) is 0. The van der Waals surface area contributed by atoms with Crippen molar-refractivity contribution in [3.8, 4) is 0 Å². The van der Waals surface area contributed by atoms with Crippen molar-refractivity contribution in [2.75, 3.05) is 21.1 Å². The maximum atomic E-state index is 11.4. The van der Waals surface area contributed by atoms with Gasteiger partial charge in [-0.3, -0.25) is 19.6 Å². The van der Waals surface area contributed by atoms with Crippen molar-refractivity contribution in [3.63, 3.8) is 0 Å². The number of likely N-dealkylation sites (N-methyl/N-ethyl adjacent to an activating group) is 2. The minimum atomic E-state index is -0.677. The number of hydrogen-bond acceptors (Lipinski definition) is 4. The number of carbonyl (C=O) groups excluding carboxylic acids is 3. The van der Waals surface area contributed by atoms with Crippen molar-refractivity contribution in [1.82, 2.24) is 9.80 Å². The topological polar surface area (TPSA) is 70.0 Å². The average Bonchev–Trinajstić information content (AvgIpc) is 2.20. The lowest BCUT2D eigenvalue weighted by atomic mass is 10.2. The van der Waals surface area contributed by atoms with Gasteiger partial charge in [0.15, 0.2) is 11.4 Å². The number of aliphatic imine (C=N–C) groups is 1. The average molecular weight is 195 g/mol. The van der Waals surface area contributed by atoms with Gasteiger partial charge in [0.25, 0.3) is 5.91 Å². The second kappa shape index (κ2) is 3.43. The zero-order valence-electron chi connectivity index (χ0n) is 8.07. The van der Waals surface area contributed by atoms with Crippen LogP contribution in [0.1, 0.15) is 0 Å².